The first-order valence-electron chi connectivity index (χ1n) is 7.43. The molecule has 0 bridgehead atoms. The minimum absolute atomic E-state index is 0.0939. The van der Waals surface area contributed by atoms with Gasteiger partial charge in [0.25, 0.3) is 0 Å². The van der Waals surface area contributed by atoms with E-state index < -0.39 is 4.92 Å². The van der Waals surface area contributed by atoms with E-state index in [1.165, 1.54) is 6.33 Å². The Morgan fingerprint density at radius 1 is 1.09 bits per heavy atom. The molecule has 1 aliphatic rings. The number of rotatable bonds is 3. The van der Waals surface area contributed by atoms with Gasteiger partial charge in [0.1, 0.15) is 0 Å². The second kappa shape index (κ2) is 5.82. The van der Waals surface area contributed by atoms with Gasteiger partial charge in [-0.1, -0.05) is 0 Å². The summed E-state index contributed by atoms with van der Waals surface area (Å²) in [5.41, 5.74) is 1.88. The standard InChI is InChI=1S/C14H19N7O2/c1-10-8-11(2)17-14(16-10)20-6-4-19(5-7-20)13-12(21(22)23)15-9-18(13)3/h8-9H,4-7H2,1-3H3. The van der Waals surface area contributed by atoms with Crippen molar-refractivity contribution in [3.8, 4) is 0 Å². The van der Waals surface area contributed by atoms with Crippen molar-refractivity contribution in [1.82, 2.24) is 19.5 Å². The van der Waals surface area contributed by atoms with Crippen molar-refractivity contribution in [1.29, 1.82) is 0 Å². The van der Waals surface area contributed by atoms with Crippen LogP contribution in [-0.2, 0) is 7.05 Å². The molecule has 3 rings (SSSR count). The van der Waals surface area contributed by atoms with E-state index in [4.69, 9.17) is 0 Å². The Hall–Kier alpha value is -2.71. The molecule has 0 saturated carbocycles. The smallest absolute Gasteiger partial charge is 0.358 e. The third-order valence-electron chi connectivity index (χ3n) is 3.89. The summed E-state index contributed by atoms with van der Waals surface area (Å²) >= 11 is 0. The fraction of sp³-hybridized carbons (Fsp3) is 0.500. The maximum absolute atomic E-state index is 11.1. The van der Waals surface area contributed by atoms with Crippen LogP contribution in [0.4, 0.5) is 17.6 Å². The summed E-state index contributed by atoms with van der Waals surface area (Å²) in [5.74, 6) is 1.18. The van der Waals surface area contributed by atoms with Crippen molar-refractivity contribution in [2.75, 3.05) is 36.0 Å². The van der Waals surface area contributed by atoms with E-state index >= 15 is 0 Å². The van der Waals surface area contributed by atoms with E-state index in [2.05, 4.69) is 19.9 Å². The van der Waals surface area contributed by atoms with Gasteiger partial charge in [0.2, 0.25) is 18.1 Å². The Labute approximate surface area is 133 Å². The Balaban J connectivity index is 1.76. The molecule has 0 spiro atoms. The molecule has 0 aromatic carbocycles. The highest BCUT2D eigenvalue weighted by atomic mass is 16.6. The molecule has 1 fully saturated rings. The summed E-state index contributed by atoms with van der Waals surface area (Å²) in [5, 5.41) is 11.1. The largest absolute Gasteiger partial charge is 0.406 e. The number of anilines is 2. The molecule has 9 nitrogen and oxygen atoms in total. The summed E-state index contributed by atoms with van der Waals surface area (Å²) in [7, 11) is 1.77. The molecule has 0 N–H and O–H groups in total. The number of piperazine rings is 1. The first-order valence-corrected chi connectivity index (χ1v) is 7.43. The maximum Gasteiger partial charge on any atom is 0.406 e. The zero-order valence-electron chi connectivity index (χ0n) is 13.4. The first kappa shape index (κ1) is 15.2. The van der Waals surface area contributed by atoms with Gasteiger partial charge in [-0.15, -0.1) is 0 Å². The van der Waals surface area contributed by atoms with Gasteiger partial charge in [0.05, 0.1) is 0 Å². The highest BCUT2D eigenvalue weighted by molar-refractivity contribution is 5.55. The molecule has 3 heterocycles. The number of nitro groups is 1. The zero-order chi connectivity index (χ0) is 16.6. The molecular formula is C14H19N7O2. The van der Waals surface area contributed by atoms with Crippen LogP contribution in [0, 0.1) is 24.0 Å². The Bertz CT molecular complexity index is 714. The highest BCUT2D eigenvalue weighted by Crippen LogP contribution is 2.27. The molecule has 23 heavy (non-hydrogen) atoms. The van der Waals surface area contributed by atoms with Crippen LogP contribution in [0.25, 0.3) is 0 Å². The van der Waals surface area contributed by atoms with Crippen molar-refractivity contribution in [2.45, 2.75) is 13.8 Å². The van der Waals surface area contributed by atoms with E-state index in [1.54, 1.807) is 11.6 Å². The molecule has 122 valence electrons. The third kappa shape index (κ3) is 2.94. The molecule has 2 aromatic heterocycles. The molecule has 0 atom stereocenters. The summed E-state index contributed by atoms with van der Waals surface area (Å²) in [6.45, 7) is 6.66. The fourth-order valence-electron chi connectivity index (χ4n) is 2.87. The zero-order valence-corrected chi connectivity index (χ0v) is 13.4. The number of aromatic nitrogens is 4. The SMILES string of the molecule is Cc1cc(C)nc(N2CCN(c3c([N+](=O)[O-])ncn3C)CC2)n1. The molecule has 1 saturated heterocycles. The maximum atomic E-state index is 11.1. The van der Waals surface area contributed by atoms with Crippen molar-refractivity contribution >= 4 is 17.6 Å². The third-order valence-corrected chi connectivity index (χ3v) is 3.89. The van der Waals surface area contributed by atoms with E-state index in [1.807, 2.05) is 24.8 Å². The normalized spacial score (nSPS) is 15.1. The predicted octanol–water partition coefficient (Wildman–Crippen LogP) is 1.06. The van der Waals surface area contributed by atoms with Gasteiger partial charge in [0.15, 0.2) is 0 Å². The van der Waals surface area contributed by atoms with E-state index in [0.29, 0.717) is 32.0 Å². The second-order valence-corrected chi connectivity index (χ2v) is 5.68. The molecule has 2 aromatic rings. The van der Waals surface area contributed by atoms with Gasteiger partial charge in [-0.25, -0.2) is 9.97 Å². The van der Waals surface area contributed by atoms with Crippen LogP contribution in [-0.4, -0.2) is 50.6 Å². The summed E-state index contributed by atoms with van der Waals surface area (Å²) < 4.78 is 1.70. The molecule has 9 heteroatoms. The Kier molecular flexibility index (Phi) is 3.85. The predicted molar refractivity (Wildman–Crippen MR) is 85.8 cm³/mol. The van der Waals surface area contributed by atoms with Crippen LogP contribution in [0.15, 0.2) is 12.4 Å². The highest BCUT2D eigenvalue weighted by Gasteiger charge is 2.29. The molecule has 0 radical (unpaired) electrons. The van der Waals surface area contributed by atoms with Gasteiger partial charge in [0, 0.05) is 44.6 Å². The lowest BCUT2D eigenvalue weighted by molar-refractivity contribution is -0.388. The van der Waals surface area contributed by atoms with Crippen molar-refractivity contribution in [3.05, 3.63) is 33.9 Å². The monoisotopic (exact) mass is 317 g/mol. The first-order chi connectivity index (χ1) is 11.0. The second-order valence-electron chi connectivity index (χ2n) is 5.68. The van der Waals surface area contributed by atoms with Crippen LogP contribution in [0.2, 0.25) is 0 Å². The van der Waals surface area contributed by atoms with Crippen LogP contribution < -0.4 is 9.80 Å². The van der Waals surface area contributed by atoms with E-state index in [0.717, 1.165) is 17.3 Å². The lowest BCUT2D eigenvalue weighted by atomic mass is 10.3. The molecule has 0 unspecified atom stereocenters. The topological polar surface area (TPSA) is 93.2 Å². The quantitative estimate of drug-likeness (QED) is 0.617. The van der Waals surface area contributed by atoms with Crippen LogP contribution in [0.1, 0.15) is 11.4 Å². The number of hydrogen-bond donors (Lipinski definition) is 0. The Morgan fingerprint density at radius 3 is 2.22 bits per heavy atom. The number of hydrogen-bond acceptors (Lipinski definition) is 7. The minimum Gasteiger partial charge on any atom is -0.358 e. The van der Waals surface area contributed by atoms with Crippen LogP contribution in [0.3, 0.4) is 0 Å². The van der Waals surface area contributed by atoms with Gasteiger partial charge < -0.3 is 19.9 Å². The Morgan fingerprint density at radius 2 is 1.65 bits per heavy atom. The summed E-state index contributed by atoms with van der Waals surface area (Å²) in [4.78, 5) is 27.6. The average molecular weight is 317 g/mol. The number of aryl methyl sites for hydroxylation is 3. The van der Waals surface area contributed by atoms with Crippen LogP contribution >= 0.6 is 0 Å². The molecule has 0 amide bonds. The summed E-state index contributed by atoms with van der Waals surface area (Å²) in [6.07, 6.45) is 1.48. The van der Waals surface area contributed by atoms with Gasteiger partial charge in [-0.2, -0.15) is 0 Å². The van der Waals surface area contributed by atoms with E-state index in [9.17, 15) is 10.1 Å². The summed E-state index contributed by atoms with van der Waals surface area (Å²) in [6, 6.07) is 1.94. The molecular weight excluding hydrogens is 298 g/mol. The molecule has 0 aliphatic carbocycles. The van der Waals surface area contributed by atoms with Gasteiger partial charge in [-0.05, 0) is 29.8 Å². The lowest BCUT2D eigenvalue weighted by Gasteiger charge is -2.35. The average Bonchev–Trinajstić information content (AvgIpc) is 2.88. The van der Waals surface area contributed by atoms with Crippen molar-refractivity contribution < 1.29 is 4.92 Å². The van der Waals surface area contributed by atoms with Crippen molar-refractivity contribution in [2.24, 2.45) is 7.05 Å². The van der Waals surface area contributed by atoms with E-state index in [-0.39, 0.29) is 5.82 Å². The van der Waals surface area contributed by atoms with Gasteiger partial charge in [-0.3, -0.25) is 4.57 Å². The fourth-order valence-corrected chi connectivity index (χ4v) is 2.87. The van der Waals surface area contributed by atoms with Gasteiger partial charge >= 0.3 is 5.82 Å². The van der Waals surface area contributed by atoms with Crippen LogP contribution in [0.5, 0.6) is 0 Å². The minimum atomic E-state index is -0.436. The number of nitrogens with zero attached hydrogens (tertiary/aromatic N) is 7. The lowest BCUT2D eigenvalue weighted by Crippen LogP contribution is -2.47. The number of imidazole rings is 1. The van der Waals surface area contributed by atoms with Crippen molar-refractivity contribution in [3.63, 3.8) is 0 Å². The molecule has 1 aliphatic heterocycles.